The van der Waals surface area contributed by atoms with Gasteiger partial charge in [0, 0.05) is 5.56 Å². The number of aldehydes is 1. The molecule has 1 aromatic carbocycles. The molecule has 5 heteroatoms. The quantitative estimate of drug-likeness (QED) is 0.819. The van der Waals surface area contributed by atoms with Crippen molar-refractivity contribution in [3.63, 3.8) is 0 Å². The molecule has 0 saturated carbocycles. The first-order valence-electron chi connectivity index (χ1n) is 5.18. The molecule has 0 aliphatic rings. The zero-order valence-corrected chi connectivity index (χ0v) is 9.33. The predicted octanol–water partition coefficient (Wildman–Crippen LogP) is 2.37. The summed E-state index contributed by atoms with van der Waals surface area (Å²) in [6, 6.07) is 7.93. The highest BCUT2D eigenvalue weighted by molar-refractivity contribution is 5.88. The lowest BCUT2D eigenvalue weighted by Crippen LogP contribution is -2.02. The van der Waals surface area contributed by atoms with Crippen LogP contribution < -0.4 is 4.74 Å². The third-order valence-electron chi connectivity index (χ3n) is 2.34. The van der Waals surface area contributed by atoms with Crippen molar-refractivity contribution in [1.29, 1.82) is 0 Å². The fraction of sp³-hybridized carbons (Fsp3) is 0.0769. The van der Waals surface area contributed by atoms with Crippen molar-refractivity contribution in [2.45, 2.75) is 6.61 Å². The highest BCUT2D eigenvalue weighted by Gasteiger charge is 2.13. The maximum atomic E-state index is 10.8. The van der Waals surface area contributed by atoms with E-state index < -0.39 is 5.97 Å². The average molecular weight is 246 g/mol. The van der Waals surface area contributed by atoms with Crippen LogP contribution in [0.25, 0.3) is 0 Å². The van der Waals surface area contributed by atoms with Gasteiger partial charge in [0.2, 0.25) is 0 Å². The fourth-order valence-corrected chi connectivity index (χ4v) is 1.47. The Kier molecular flexibility index (Phi) is 3.43. The van der Waals surface area contributed by atoms with Crippen LogP contribution in [0.3, 0.4) is 0 Å². The van der Waals surface area contributed by atoms with Crippen LogP contribution in [-0.2, 0) is 6.61 Å². The van der Waals surface area contributed by atoms with Gasteiger partial charge < -0.3 is 14.3 Å². The van der Waals surface area contributed by atoms with Crippen LogP contribution in [0.1, 0.15) is 26.5 Å². The summed E-state index contributed by atoms with van der Waals surface area (Å²) in [6.45, 7) is -0.00303. The van der Waals surface area contributed by atoms with Crippen molar-refractivity contribution in [3.05, 3.63) is 53.5 Å². The molecule has 1 aromatic heterocycles. The number of carbonyl (C=O) groups excluding carboxylic acids is 1. The molecule has 1 N–H and O–H groups in total. The molecule has 0 unspecified atom stereocenters. The maximum Gasteiger partial charge on any atom is 0.339 e. The summed E-state index contributed by atoms with van der Waals surface area (Å²) in [5.41, 5.74) is 0.562. The van der Waals surface area contributed by atoms with Crippen LogP contribution in [0.5, 0.6) is 5.75 Å². The molecule has 92 valence electrons. The van der Waals surface area contributed by atoms with E-state index >= 15 is 0 Å². The number of carboxylic acids is 1. The predicted molar refractivity (Wildman–Crippen MR) is 61.8 cm³/mol. The lowest BCUT2D eigenvalue weighted by atomic mass is 10.2. The Morgan fingerprint density at radius 2 is 2.22 bits per heavy atom. The van der Waals surface area contributed by atoms with Gasteiger partial charge in [-0.1, -0.05) is 12.1 Å². The Labute approximate surface area is 103 Å². The zero-order chi connectivity index (χ0) is 13.0. The van der Waals surface area contributed by atoms with E-state index in [0.717, 1.165) is 0 Å². The number of carboxylic acid groups (broad SMARTS) is 1. The third-order valence-corrected chi connectivity index (χ3v) is 2.34. The molecule has 2 rings (SSSR count). The molecular formula is C13H10O5. The highest BCUT2D eigenvalue weighted by Crippen LogP contribution is 2.17. The lowest BCUT2D eigenvalue weighted by molar-refractivity contribution is 0.0691. The monoisotopic (exact) mass is 246 g/mol. The molecule has 18 heavy (non-hydrogen) atoms. The number of aromatic carboxylic acids is 1. The number of furan rings is 1. The molecule has 0 radical (unpaired) electrons. The molecule has 5 nitrogen and oxygen atoms in total. The Balaban J connectivity index is 2.09. The van der Waals surface area contributed by atoms with Crippen LogP contribution in [0, 0.1) is 0 Å². The van der Waals surface area contributed by atoms with Crippen LogP contribution in [-0.4, -0.2) is 17.4 Å². The summed E-state index contributed by atoms with van der Waals surface area (Å²) in [5, 5.41) is 8.87. The molecular weight excluding hydrogens is 236 g/mol. The Morgan fingerprint density at radius 1 is 1.39 bits per heavy atom. The maximum absolute atomic E-state index is 10.8. The second-order valence-corrected chi connectivity index (χ2v) is 3.54. The molecule has 0 aliphatic carbocycles. The van der Waals surface area contributed by atoms with Crippen molar-refractivity contribution >= 4 is 12.3 Å². The second kappa shape index (κ2) is 5.18. The number of rotatable bonds is 5. The third kappa shape index (κ3) is 2.57. The standard InChI is InChI=1S/C13H10O5/c14-7-9-2-1-3-10(6-9)18-8-12-11(13(15)16)4-5-17-12/h1-7H,8H2,(H,15,16). The molecule has 2 aromatic rings. The van der Waals surface area contributed by atoms with Crippen molar-refractivity contribution in [3.8, 4) is 5.75 Å². The minimum absolute atomic E-state index is 0.00303. The molecule has 0 saturated heterocycles. The van der Waals surface area contributed by atoms with Gasteiger partial charge in [-0.3, -0.25) is 4.79 Å². The molecule has 0 atom stereocenters. The highest BCUT2D eigenvalue weighted by atomic mass is 16.5. The van der Waals surface area contributed by atoms with Crippen LogP contribution >= 0.6 is 0 Å². The Morgan fingerprint density at radius 3 is 2.94 bits per heavy atom. The number of ether oxygens (including phenoxy) is 1. The van der Waals surface area contributed by atoms with Crippen LogP contribution in [0.2, 0.25) is 0 Å². The van der Waals surface area contributed by atoms with Gasteiger partial charge in [0.25, 0.3) is 0 Å². The molecule has 0 amide bonds. The second-order valence-electron chi connectivity index (χ2n) is 3.54. The van der Waals surface area contributed by atoms with Gasteiger partial charge in [0.1, 0.15) is 24.2 Å². The van der Waals surface area contributed by atoms with Gasteiger partial charge in [-0.2, -0.15) is 0 Å². The first-order chi connectivity index (χ1) is 8.70. The van der Waals surface area contributed by atoms with Crippen molar-refractivity contribution in [2.75, 3.05) is 0 Å². The van der Waals surface area contributed by atoms with E-state index in [1.165, 1.54) is 12.3 Å². The SMILES string of the molecule is O=Cc1cccc(OCc2occc2C(=O)O)c1. The van der Waals surface area contributed by atoms with Gasteiger partial charge in [-0.15, -0.1) is 0 Å². The summed E-state index contributed by atoms with van der Waals surface area (Å²) in [4.78, 5) is 21.4. The van der Waals surface area contributed by atoms with E-state index in [4.69, 9.17) is 14.3 Å². The lowest BCUT2D eigenvalue weighted by Gasteiger charge is -2.05. The van der Waals surface area contributed by atoms with E-state index in [9.17, 15) is 9.59 Å². The van der Waals surface area contributed by atoms with E-state index in [2.05, 4.69) is 0 Å². The minimum atomic E-state index is -1.07. The number of hydrogen-bond donors (Lipinski definition) is 1. The fourth-order valence-electron chi connectivity index (χ4n) is 1.47. The van der Waals surface area contributed by atoms with E-state index in [1.54, 1.807) is 24.3 Å². The van der Waals surface area contributed by atoms with Gasteiger partial charge in [-0.25, -0.2) is 4.79 Å². The molecule has 0 bridgehead atoms. The number of benzene rings is 1. The van der Waals surface area contributed by atoms with E-state index in [1.807, 2.05) is 0 Å². The zero-order valence-electron chi connectivity index (χ0n) is 9.33. The van der Waals surface area contributed by atoms with Gasteiger partial charge in [0.05, 0.1) is 6.26 Å². The molecule has 1 heterocycles. The summed E-state index contributed by atoms with van der Waals surface area (Å²) in [7, 11) is 0. The van der Waals surface area contributed by atoms with Gasteiger partial charge >= 0.3 is 5.97 Å². The number of hydrogen-bond acceptors (Lipinski definition) is 4. The topological polar surface area (TPSA) is 76.7 Å². The van der Waals surface area contributed by atoms with Crippen molar-refractivity contribution in [2.24, 2.45) is 0 Å². The molecule has 0 spiro atoms. The normalized spacial score (nSPS) is 10.0. The van der Waals surface area contributed by atoms with Crippen molar-refractivity contribution in [1.82, 2.24) is 0 Å². The Hall–Kier alpha value is -2.56. The van der Waals surface area contributed by atoms with Crippen LogP contribution in [0.15, 0.2) is 41.0 Å². The largest absolute Gasteiger partial charge is 0.486 e. The summed E-state index contributed by atoms with van der Waals surface area (Å²) < 4.78 is 10.4. The first kappa shape index (κ1) is 11.9. The minimum Gasteiger partial charge on any atom is -0.486 e. The molecule has 0 aliphatic heterocycles. The Bertz CT molecular complexity index is 570. The first-order valence-corrected chi connectivity index (χ1v) is 5.18. The summed E-state index contributed by atoms with van der Waals surface area (Å²) in [5.74, 6) is -0.352. The smallest absolute Gasteiger partial charge is 0.339 e. The summed E-state index contributed by atoms with van der Waals surface area (Å²) in [6.07, 6.45) is 2.01. The van der Waals surface area contributed by atoms with Crippen molar-refractivity contribution < 1.29 is 23.8 Å². The number of carbonyl (C=O) groups is 2. The molecule has 0 fully saturated rings. The summed E-state index contributed by atoms with van der Waals surface area (Å²) >= 11 is 0. The average Bonchev–Trinajstić information content (AvgIpc) is 2.85. The van der Waals surface area contributed by atoms with E-state index in [-0.39, 0.29) is 17.9 Å². The van der Waals surface area contributed by atoms with Gasteiger partial charge in [-0.05, 0) is 18.2 Å². The van der Waals surface area contributed by atoms with Gasteiger partial charge in [0.15, 0.2) is 5.76 Å². The van der Waals surface area contributed by atoms with E-state index in [0.29, 0.717) is 17.6 Å². The van der Waals surface area contributed by atoms with Crippen LogP contribution in [0.4, 0.5) is 0 Å².